The summed E-state index contributed by atoms with van der Waals surface area (Å²) in [5, 5.41) is 3.47. The van der Waals surface area contributed by atoms with E-state index in [1.54, 1.807) is 0 Å². The molecule has 0 aliphatic heterocycles. The largest absolute Gasteiger partial charge is 0.328 e. The fourth-order valence-electron chi connectivity index (χ4n) is 1.38. The van der Waals surface area contributed by atoms with Crippen LogP contribution in [0.4, 0.5) is 0 Å². The van der Waals surface area contributed by atoms with Crippen molar-refractivity contribution >= 4 is 0 Å². The number of nitrogens with two attached hydrogens (primary N) is 1. The van der Waals surface area contributed by atoms with Crippen molar-refractivity contribution in [2.24, 2.45) is 11.7 Å². The van der Waals surface area contributed by atoms with Gasteiger partial charge in [0.2, 0.25) is 0 Å². The van der Waals surface area contributed by atoms with Crippen LogP contribution in [0, 0.1) is 5.92 Å². The van der Waals surface area contributed by atoms with Crippen LogP contribution in [0.3, 0.4) is 0 Å². The maximum Gasteiger partial charge on any atom is 0.00482 e. The summed E-state index contributed by atoms with van der Waals surface area (Å²) in [6, 6.07) is 0.384. The summed E-state index contributed by atoms with van der Waals surface area (Å²) < 4.78 is 0. The monoisotopic (exact) mass is 186 g/mol. The summed E-state index contributed by atoms with van der Waals surface area (Å²) in [4.78, 5) is 0. The number of rotatable bonds is 8. The molecule has 3 N–H and O–H groups in total. The van der Waals surface area contributed by atoms with Crippen LogP contribution in [-0.2, 0) is 0 Å². The van der Waals surface area contributed by atoms with E-state index in [1.165, 1.54) is 12.8 Å². The number of hydrogen-bond acceptors (Lipinski definition) is 2. The van der Waals surface area contributed by atoms with E-state index in [-0.39, 0.29) is 0 Å². The molecule has 0 saturated carbocycles. The van der Waals surface area contributed by atoms with Gasteiger partial charge in [0.15, 0.2) is 0 Å². The lowest BCUT2D eigenvalue weighted by atomic mass is 10.0. The summed E-state index contributed by atoms with van der Waals surface area (Å²) >= 11 is 0. The molecular formula is C11H26N2. The molecule has 2 heteroatoms. The lowest BCUT2D eigenvalue weighted by Gasteiger charge is -2.14. The molecular weight excluding hydrogens is 160 g/mol. The maximum absolute atomic E-state index is 5.81. The van der Waals surface area contributed by atoms with E-state index in [9.17, 15) is 0 Å². The second-order valence-corrected chi connectivity index (χ2v) is 3.84. The first-order chi connectivity index (χ1) is 6.24. The zero-order valence-electron chi connectivity index (χ0n) is 9.47. The Morgan fingerprint density at radius 1 is 1.08 bits per heavy atom. The highest BCUT2D eigenvalue weighted by molar-refractivity contribution is 4.63. The lowest BCUT2D eigenvalue weighted by molar-refractivity contribution is 0.438. The van der Waals surface area contributed by atoms with Crippen LogP contribution >= 0.6 is 0 Å². The van der Waals surface area contributed by atoms with E-state index in [0.29, 0.717) is 6.04 Å². The highest BCUT2D eigenvalue weighted by Crippen LogP contribution is 2.04. The van der Waals surface area contributed by atoms with Crippen LogP contribution in [0.1, 0.15) is 46.5 Å². The first kappa shape index (κ1) is 12.9. The molecule has 0 radical (unpaired) electrons. The van der Waals surface area contributed by atoms with Gasteiger partial charge in [-0.2, -0.15) is 0 Å². The van der Waals surface area contributed by atoms with Gasteiger partial charge in [0.1, 0.15) is 0 Å². The Balaban J connectivity index is 3.23. The van der Waals surface area contributed by atoms with Crippen molar-refractivity contribution in [2.45, 2.75) is 52.5 Å². The Bertz CT molecular complexity index is 100. The molecule has 0 heterocycles. The third-order valence-corrected chi connectivity index (χ3v) is 2.80. The Labute approximate surface area is 83.3 Å². The third kappa shape index (κ3) is 7.03. The lowest BCUT2D eigenvalue weighted by Crippen LogP contribution is -2.28. The fraction of sp³-hybridized carbons (Fsp3) is 1.00. The molecule has 0 aromatic heterocycles. The third-order valence-electron chi connectivity index (χ3n) is 2.80. The number of hydrogen-bond donors (Lipinski definition) is 2. The van der Waals surface area contributed by atoms with Gasteiger partial charge in [-0.25, -0.2) is 0 Å². The van der Waals surface area contributed by atoms with Crippen LogP contribution in [0.5, 0.6) is 0 Å². The van der Waals surface area contributed by atoms with E-state index in [1.807, 2.05) is 0 Å². The second kappa shape index (κ2) is 8.52. The summed E-state index contributed by atoms with van der Waals surface area (Å²) in [5.74, 6) is 0.845. The topological polar surface area (TPSA) is 38.0 Å². The average molecular weight is 186 g/mol. The zero-order valence-corrected chi connectivity index (χ0v) is 9.47. The molecule has 1 atom stereocenters. The molecule has 0 fully saturated rings. The highest BCUT2D eigenvalue weighted by Gasteiger charge is 2.02. The van der Waals surface area contributed by atoms with Crippen molar-refractivity contribution in [3.05, 3.63) is 0 Å². The van der Waals surface area contributed by atoms with Crippen molar-refractivity contribution in [3.8, 4) is 0 Å². The Kier molecular flexibility index (Phi) is 8.46. The van der Waals surface area contributed by atoms with Crippen LogP contribution in [-0.4, -0.2) is 19.1 Å². The molecule has 0 aliphatic rings. The van der Waals surface area contributed by atoms with Crippen molar-refractivity contribution in [3.63, 3.8) is 0 Å². The van der Waals surface area contributed by atoms with Gasteiger partial charge in [0.25, 0.3) is 0 Å². The molecule has 0 spiro atoms. The summed E-state index contributed by atoms with van der Waals surface area (Å²) in [6.07, 6.45) is 4.76. The minimum Gasteiger partial charge on any atom is -0.328 e. The van der Waals surface area contributed by atoms with Gasteiger partial charge in [-0.3, -0.25) is 0 Å². The summed E-state index contributed by atoms with van der Waals surface area (Å²) in [5.41, 5.74) is 5.81. The molecule has 0 bridgehead atoms. The van der Waals surface area contributed by atoms with Gasteiger partial charge in [-0.05, 0) is 31.8 Å². The maximum atomic E-state index is 5.81. The van der Waals surface area contributed by atoms with E-state index in [4.69, 9.17) is 5.73 Å². The predicted molar refractivity (Wildman–Crippen MR) is 59.8 cm³/mol. The van der Waals surface area contributed by atoms with Crippen molar-refractivity contribution in [2.75, 3.05) is 13.1 Å². The van der Waals surface area contributed by atoms with Gasteiger partial charge in [-0.15, -0.1) is 0 Å². The van der Waals surface area contributed by atoms with Gasteiger partial charge >= 0.3 is 0 Å². The van der Waals surface area contributed by atoms with Gasteiger partial charge in [0, 0.05) is 6.04 Å². The molecule has 2 nitrogen and oxygen atoms in total. The van der Waals surface area contributed by atoms with Crippen LogP contribution in [0.25, 0.3) is 0 Å². The minimum absolute atomic E-state index is 0.384. The fourth-order valence-corrected chi connectivity index (χ4v) is 1.38. The number of nitrogens with one attached hydrogen (secondary N) is 1. The normalized spacial score (nSPS) is 13.6. The smallest absolute Gasteiger partial charge is 0.00482 e. The molecule has 1 unspecified atom stereocenters. The Hall–Kier alpha value is -0.0800. The van der Waals surface area contributed by atoms with Crippen molar-refractivity contribution in [1.82, 2.24) is 5.32 Å². The van der Waals surface area contributed by atoms with E-state index < -0.39 is 0 Å². The first-order valence-electron chi connectivity index (χ1n) is 5.70. The second-order valence-electron chi connectivity index (χ2n) is 3.84. The minimum atomic E-state index is 0.384. The van der Waals surface area contributed by atoms with Crippen molar-refractivity contribution in [1.29, 1.82) is 0 Å². The van der Waals surface area contributed by atoms with Gasteiger partial charge in [0.05, 0.1) is 0 Å². The highest BCUT2D eigenvalue weighted by atomic mass is 14.9. The standard InChI is InChI=1S/C11H26N2/c1-4-10(5-2)9-13-8-7-11(12)6-3/h10-11,13H,4-9,12H2,1-3H3. The molecule has 0 saturated heterocycles. The zero-order chi connectivity index (χ0) is 10.1. The van der Waals surface area contributed by atoms with E-state index >= 15 is 0 Å². The Morgan fingerprint density at radius 2 is 1.69 bits per heavy atom. The average Bonchev–Trinajstić information content (AvgIpc) is 2.18. The van der Waals surface area contributed by atoms with Crippen molar-refractivity contribution < 1.29 is 0 Å². The molecule has 0 aromatic carbocycles. The molecule has 0 rings (SSSR count). The quantitative estimate of drug-likeness (QED) is 0.570. The van der Waals surface area contributed by atoms with E-state index in [0.717, 1.165) is 31.8 Å². The predicted octanol–water partition coefficient (Wildman–Crippen LogP) is 2.14. The first-order valence-corrected chi connectivity index (χ1v) is 5.70. The molecule has 0 aliphatic carbocycles. The van der Waals surface area contributed by atoms with Crippen LogP contribution in [0.15, 0.2) is 0 Å². The molecule has 0 amide bonds. The molecule has 13 heavy (non-hydrogen) atoms. The van der Waals surface area contributed by atoms with Gasteiger partial charge < -0.3 is 11.1 Å². The Morgan fingerprint density at radius 3 is 2.15 bits per heavy atom. The van der Waals surface area contributed by atoms with Gasteiger partial charge in [-0.1, -0.05) is 33.6 Å². The molecule has 80 valence electrons. The molecule has 0 aromatic rings. The summed E-state index contributed by atoms with van der Waals surface area (Å²) in [6.45, 7) is 8.89. The van der Waals surface area contributed by atoms with Crippen LogP contribution < -0.4 is 11.1 Å². The SMILES string of the molecule is CCC(N)CCNCC(CC)CC. The van der Waals surface area contributed by atoms with Crippen LogP contribution in [0.2, 0.25) is 0 Å². The van der Waals surface area contributed by atoms with E-state index in [2.05, 4.69) is 26.1 Å². The summed E-state index contributed by atoms with van der Waals surface area (Å²) in [7, 11) is 0.